The summed E-state index contributed by atoms with van der Waals surface area (Å²) in [4.78, 5) is 18.6. The Morgan fingerprint density at radius 1 is 1.26 bits per heavy atom. The molecule has 0 saturated heterocycles. The van der Waals surface area contributed by atoms with Crippen LogP contribution in [0, 0.1) is 0 Å². The Morgan fingerprint density at radius 2 is 1.91 bits per heavy atom. The highest BCUT2D eigenvalue weighted by atomic mass is 32.1. The van der Waals surface area contributed by atoms with Crippen molar-refractivity contribution in [3.8, 4) is 11.3 Å². The third kappa shape index (κ3) is 2.59. The molecule has 3 aromatic heterocycles. The molecule has 0 bridgehead atoms. The normalized spacial score (nSPS) is 11.8. The lowest BCUT2D eigenvalue weighted by Crippen LogP contribution is -2.08. The summed E-state index contributed by atoms with van der Waals surface area (Å²) in [5.74, 6) is -1.39. The van der Waals surface area contributed by atoms with Crippen LogP contribution >= 0.6 is 11.3 Å². The van der Waals surface area contributed by atoms with Crippen molar-refractivity contribution < 1.29 is 23.1 Å². The summed E-state index contributed by atoms with van der Waals surface area (Å²) in [6.45, 7) is 0. The van der Waals surface area contributed by atoms with Gasteiger partial charge in [0, 0.05) is 23.3 Å². The fourth-order valence-corrected chi connectivity index (χ4v) is 3.13. The van der Waals surface area contributed by atoms with E-state index in [0.29, 0.717) is 16.9 Å². The predicted molar refractivity (Wildman–Crippen MR) is 79.2 cm³/mol. The summed E-state index contributed by atoms with van der Waals surface area (Å²) < 4.78 is 40.1. The van der Waals surface area contributed by atoms with Crippen LogP contribution in [0.1, 0.15) is 15.2 Å². The van der Waals surface area contributed by atoms with Crippen LogP contribution in [0.5, 0.6) is 0 Å². The van der Waals surface area contributed by atoms with Gasteiger partial charge in [-0.25, -0.2) is 9.78 Å². The van der Waals surface area contributed by atoms with E-state index in [1.165, 1.54) is 24.5 Å². The Labute approximate surface area is 131 Å². The van der Waals surface area contributed by atoms with Crippen LogP contribution in [0.3, 0.4) is 0 Å². The van der Waals surface area contributed by atoms with Gasteiger partial charge in [-0.1, -0.05) is 0 Å². The van der Waals surface area contributed by atoms with E-state index in [2.05, 4.69) is 9.97 Å². The van der Waals surface area contributed by atoms with Crippen molar-refractivity contribution >= 4 is 33.2 Å². The number of rotatable bonds is 2. The molecule has 0 spiro atoms. The quantitative estimate of drug-likeness (QED) is 0.744. The monoisotopic (exact) mass is 339 g/mol. The maximum atomic E-state index is 13.4. The van der Waals surface area contributed by atoms with Gasteiger partial charge in [-0.05, 0) is 18.2 Å². The van der Waals surface area contributed by atoms with E-state index >= 15 is 0 Å². The number of nitrogens with zero attached hydrogens (tertiary/aromatic N) is 2. The molecule has 0 amide bonds. The average Bonchev–Trinajstić information content (AvgIpc) is 2.84. The van der Waals surface area contributed by atoms with Gasteiger partial charge < -0.3 is 10.8 Å². The molecule has 9 heteroatoms. The molecular formula is C14H8F3N3O2S. The van der Waals surface area contributed by atoms with Gasteiger partial charge in [0.05, 0.1) is 16.9 Å². The molecule has 0 aliphatic carbocycles. The molecule has 23 heavy (non-hydrogen) atoms. The van der Waals surface area contributed by atoms with Gasteiger partial charge in [-0.2, -0.15) is 13.2 Å². The summed E-state index contributed by atoms with van der Waals surface area (Å²) >= 11 is 0.620. The highest BCUT2D eigenvalue weighted by molar-refractivity contribution is 7.21. The standard InChI is InChI=1S/C14H8F3N3O2S/c15-14(16,17)7-5-8(6-1-3-19-4-2-6)20-12-9(7)10(18)11(23-12)13(21)22/h1-5H,18H2,(H,21,22). The van der Waals surface area contributed by atoms with Crippen molar-refractivity contribution in [1.82, 2.24) is 9.97 Å². The van der Waals surface area contributed by atoms with Crippen molar-refractivity contribution in [3.05, 3.63) is 41.0 Å². The Hall–Kier alpha value is -2.68. The number of hydrogen-bond donors (Lipinski definition) is 2. The number of carboxylic acids is 1. The summed E-state index contributed by atoms with van der Waals surface area (Å²) in [7, 11) is 0. The molecule has 3 N–H and O–H groups in total. The molecule has 0 unspecified atom stereocenters. The summed E-state index contributed by atoms with van der Waals surface area (Å²) in [5.41, 5.74) is 4.70. The van der Waals surface area contributed by atoms with Gasteiger partial charge in [0.15, 0.2) is 0 Å². The highest BCUT2D eigenvalue weighted by Crippen LogP contribution is 2.43. The van der Waals surface area contributed by atoms with Crippen LogP contribution in [0.2, 0.25) is 0 Å². The molecule has 118 valence electrons. The molecule has 3 aromatic rings. The molecule has 0 aliphatic rings. The zero-order chi connectivity index (χ0) is 16.8. The second-order valence-corrected chi connectivity index (χ2v) is 5.62. The molecule has 3 heterocycles. The number of aromatic nitrogens is 2. The van der Waals surface area contributed by atoms with Crippen LogP contribution in [0.15, 0.2) is 30.6 Å². The first-order chi connectivity index (χ1) is 10.8. The molecule has 0 saturated carbocycles. The topological polar surface area (TPSA) is 89.1 Å². The molecule has 5 nitrogen and oxygen atoms in total. The minimum absolute atomic E-state index is 0.0680. The van der Waals surface area contributed by atoms with E-state index in [1.807, 2.05) is 0 Å². The average molecular weight is 339 g/mol. The lowest BCUT2D eigenvalue weighted by molar-refractivity contribution is -0.136. The SMILES string of the molecule is Nc1c(C(=O)O)sc2nc(-c3ccncc3)cc(C(F)(F)F)c12. The number of aromatic carboxylic acids is 1. The molecule has 0 aromatic carbocycles. The van der Waals surface area contributed by atoms with E-state index < -0.39 is 23.4 Å². The maximum Gasteiger partial charge on any atom is 0.417 e. The first kappa shape index (κ1) is 15.2. The number of nitrogens with two attached hydrogens (primary N) is 1. The second-order valence-electron chi connectivity index (χ2n) is 4.62. The van der Waals surface area contributed by atoms with Crippen molar-refractivity contribution in [2.45, 2.75) is 6.18 Å². The van der Waals surface area contributed by atoms with Gasteiger partial charge in [0.1, 0.15) is 9.71 Å². The predicted octanol–water partition coefficient (Wildman–Crippen LogP) is 3.66. The smallest absolute Gasteiger partial charge is 0.417 e. The van der Waals surface area contributed by atoms with Crippen molar-refractivity contribution in [3.63, 3.8) is 0 Å². The lowest BCUT2D eigenvalue weighted by atomic mass is 10.1. The molecule has 0 aliphatic heterocycles. The Bertz CT molecular complexity index is 907. The Balaban J connectivity index is 2.38. The summed E-state index contributed by atoms with van der Waals surface area (Å²) in [5, 5.41) is 8.68. The van der Waals surface area contributed by atoms with Crippen molar-refractivity contribution in [2.75, 3.05) is 5.73 Å². The van der Waals surface area contributed by atoms with E-state index in [9.17, 15) is 18.0 Å². The van der Waals surface area contributed by atoms with E-state index in [-0.39, 0.29) is 20.8 Å². The Kier molecular flexibility index (Phi) is 3.44. The number of fused-ring (bicyclic) bond motifs is 1. The molecule has 0 atom stereocenters. The van der Waals surface area contributed by atoms with Crippen molar-refractivity contribution in [2.24, 2.45) is 0 Å². The van der Waals surface area contributed by atoms with Crippen molar-refractivity contribution in [1.29, 1.82) is 0 Å². The van der Waals surface area contributed by atoms with Crippen LogP contribution in [-0.2, 0) is 6.18 Å². The number of thiophene rings is 1. The minimum atomic E-state index is -4.69. The van der Waals surface area contributed by atoms with Gasteiger partial charge in [-0.3, -0.25) is 4.98 Å². The largest absolute Gasteiger partial charge is 0.477 e. The first-order valence-corrected chi connectivity index (χ1v) is 7.04. The van der Waals surface area contributed by atoms with Gasteiger partial charge >= 0.3 is 12.1 Å². The number of hydrogen-bond acceptors (Lipinski definition) is 5. The summed E-state index contributed by atoms with van der Waals surface area (Å²) in [6, 6.07) is 3.90. The fraction of sp³-hybridized carbons (Fsp3) is 0.0714. The van der Waals surface area contributed by atoms with Crippen LogP contribution in [0.25, 0.3) is 21.5 Å². The summed E-state index contributed by atoms with van der Waals surface area (Å²) in [6.07, 6.45) is -1.83. The fourth-order valence-electron chi connectivity index (χ4n) is 2.17. The number of halogens is 3. The number of carboxylic acid groups (broad SMARTS) is 1. The number of carbonyl (C=O) groups is 1. The number of anilines is 1. The number of nitrogen functional groups attached to an aromatic ring is 1. The van der Waals surface area contributed by atoms with Crippen LogP contribution in [-0.4, -0.2) is 21.0 Å². The number of alkyl halides is 3. The van der Waals surface area contributed by atoms with E-state index in [4.69, 9.17) is 10.8 Å². The zero-order valence-corrected chi connectivity index (χ0v) is 12.1. The maximum absolute atomic E-state index is 13.4. The van der Waals surface area contributed by atoms with Gasteiger partial charge in [0.25, 0.3) is 0 Å². The van der Waals surface area contributed by atoms with Crippen LogP contribution < -0.4 is 5.73 Å². The third-order valence-electron chi connectivity index (χ3n) is 3.17. The van der Waals surface area contributed by atoms with E-state index in [1.54, 1.807) is 0 Å². The second kappa shape index (κ2) is 5.20. The molecule has 0 fully saturated rings. The van der Waals surface area contributed by atoms with Gasteiger partial charge in [0.2, 0.25) is 0 Å². The molecular weight excluding hydrogens is 331 g/mol. The minimum Gasteiger partial charge on any atom is -0.477 e. The lowest BCUT2D eigenvalue weighted by Gasteiger charge is -2.11. The molecule has 3 rings (SSSR count). The Morgan fingerprint density at radius 3 is 2.48 bits per heavy atom. The molecule has 0 radical (unpaired) electrons. The number of pyridine rings is 2. The zero-order valence-electron chi connectivity index (χ0n) is 11.3. The first-order valence-electron chi connectivity index (χ1n) is 6.23. The highest BCUT2D eigenvalue weighted by Gasteiger charge is 2.36. The van der Waals surface area contributed by atoms with Gasteiger partial charge in [-0.15, -0.1) is 11.3 Å². The van der Waals surface area contributed by atoms with Crippen LogP contribution in [0.4, 0.5) is 18.9 Å². The van der Waals surface area contributed by atoms with E-state index in [0.717, 1.165) is 6.07 Å². The third-order valence-corrected chi connectivity index (χ3v) is 4.26.